The van der Waals surface area contributed by atoms with Crippen molar-refractivity contribution in [2.45, 2.75) is 39.2 Å². The molecule has 0 spiro atoms. The summed E-state index contributed by atoms with van der Waals surface area (Å²) in [6.07, 6.45) is 2.16. The highest BCUT2D eigenvalue weighted by molar-refractivity contribution is 5.76. The van der Waals surface area contributed by atoms with E-state index in [1.165, 1.54) is 0 Å². The van der Waals surface area contributed by atoms with E-state index in [0.29, 0.717) is 25.9 Å². The zero-order chi connectivity index (χ0) is 12.6. The number of amides is 2. The molecule has 2 rings (SSSR count). The highest BCUT2D eigenvalue weighted by atomic mass is 16.4. The number of likely N-dealkylation sites (tertiary alicyclic amines) is 1. The molecule has 5 heteroatoms. The molecule has 1 saturated heterocycles. The normalized spacial score (nSPS) is 27.6. The largest absolute Gasteiger partial charge is 0.481 e. The molecule has 1 unspecified atom stereocenters. The first kappa shape index (κ1) is 12.2. The quantitative estimate of drug-likeness (QED) is 0.764. The van der Waals surface area contributed by atoms with Crippen LogP contribution in [0.1, 0.15) is 33.1 Å². The number of nitrogens with zero attached hydrogens (tertiary/aromatic N) is 1. The predicted octanol–water partition coefficient (Wildman–Crippen LogP) is 1.29. The Hall–Kier alpha value is -1.26. The SMILES string of the molecule is CC1(C)CC1NC(=O)N1CCC(C(=O)O)CC1. The van der Waals surface area contributed by atoms with Crippen LogP contribution in [0.5, 0.6) is 0 Å². The average molecular weight is 240 g/mol. The van der Waals surface area contributed by atoms with Crippen LogP contribution in [0.25, 0.3) is 0 Å². The van der Waals surface area contributed by atoms with Crippen LogP contribution in [-0.2, 0) is 4.79 Å². The maximum atomic E-state index is 11.9. The molecule has 5 nitrogen and oxygen atoms in total. The molecule has 1 saturated carbocycles. The van der Waals surface area contributed by atoms with Crippen molar-refractivity contribution >= 4 is 12.0 Å². The molecule has 96 valence electrons. The highest BCUT2D eigenvalue weighted by Crippen LogP contribution is 2.44. The summed E-state index contributed by atoms with van der Waals surface area (Å²) >= 11 is 0. The molecule has 1 aliphatic carbocycles. The lowest BCUT2D eigenvalue weighted by Gasteiger charge is -2.30. The third kappa shape index (κ3) is 2.70. The molecule has 1 aliphatic heterocycles. The van der Waals surface area contributed by atoms with Crippen LogP contribution in [-0.4, -0.2) is 41.1 Å². The lowest BCUT2D eigenvalue weighted by Crippen LogP contribution is -2.46. The Morgan fingerprint density at radius 2 is 1.82 bits per heavy atom. The molecule has 1 atom stereocenters. The summed E-state index contributed by atoms with van der Waals surface area (Å²) < 4.78 is 0. The standard InChI is InChI=1S/C12H20N2O3/c1-12(2)7-9(12)13-11(17)14-5-3-8(4-6-14)10(15)16/h8-9H,3-7H2,1-2H3,(H,13,17)(H,15,16). The third-order valence-electron chi connectivity index (χ3n) is 3.94. The van der Waals surface area contributed by atoms with Crippen molar-refractivity contribution < 1.29 is 14.7 Å². The van der Waals surface area contributed by atoms with Crippen LogP contribution >= 0.6 is 0 Å². The van der Waals surface area contributed by atoms with Crippen molar-refractivity contribution in [3.05, 3.63) is 0 Å². The summed E-state index contributed by atoms with van der Waals surface area (Å²) in [6, 6.07) is 0.247. The van der Waals surface area contributed by atoms with Crippen molar-refractivity contribution in [1.82, 2.24) is 10.2 Å². The van der Waals surface area contributed by atoms with Gasteiger partial charge in [-0.05, 0) is 24.7 Å². The number of nitrogens with one attached hydrogen (secondary N) is 1. The van der Waals surface area contributed by atoms with Gasteiger partial charge in [0.1, 0.15) is 0 Å². The topological polar surface area (TPSA) is 69.6 Å². The van der Waals surface area contributed by atoms with E-state index in [9.17, 15) is 9.59 Å². The number of carbonyl (C=O) groups is 2. The van der Waals surface area contributed by atoms with Crippen molar-refractivity contribution in [2.75, 3.05) is 13.1 Å². The Balaban J connectivity index is 1.77. The van der Waals surface area contributed by atoms with E-state index in [0.717, 1.165) is 6.42 Å². The molecule has 2 N–H and O–H groups in total. The smallest absolute Gasteiger partial charge is 0.317 e. The zero-order valence-electron chi connectivity index (χ0n) is 10.4. The van der Waals surface area contributed by atoms with Crippen molar-refractivity contribution in [3.63, 3.8) is 0 Å². The van der Waals surface area contributed by atoms with E-state index < -0.39 is 5.97 Å². The molecule has 0 aromatic heterocycles. The second-order valence-electron chi connectivity index (χ2n) is 5.79. The van der Waals surface area contributed by atoms with Gasteiger partial charge >= 0.3 is 12.0 Å². The number of hydrogen-bond acceptors (Lipinski definition) is 2. The van der Waals surface area contributed by atoms with Gasteiger partial charge in [-0.3, -0.25) is 4.79 Å². The third-order valence-corrected chi connectivity index (χ3v) is 3.94. The van der Waals surface area contributed by atoms with Gasteiger partial charge in [0.25, 0.3) is 0 Å². The predicted molar refractivity (Wildman–Crippen MR) is 62.7 cm³/mol. The summed E-state index contributed by atoms with van der Waals surface area (Å²) in [5.41, 5.74) is 0.231. The number of carboxylic acid groups (broad SMARTS) is 1. The fourth-order valence-corrected chi connectivity index (χ4v) is 2.28. The second-order valence-corrected chi connectivity index (χ2v) is 5.79. The highest BCUT2D eigenvalue weighted by Gasteiger charge is 2.47. The van der Waals surface area contributed by atoms with Crippen LogP contribution in [0, 0.1) is 11.3 Å². The Kier molecular flexibility index (Phi) is 3.02. The van der Waals surface area contributed by atoms with E-state index in [4.69, 9.17) is 5.11 Å². The molecular formula is C12H20N2O3. The van der Waals surface area contributed by atoms with Gasteiger partial charge in [0.05, 0.1) is 5.92 Å². The van der Waals surface area contributed by atoms with E-state index in [1.54, 1.807) is 4.90 Å². The number of carbonyl (C=O) groups excluding carboxylic acids is 1. The molecule has 2 amide bonds. The van der Waals surface area contributed by atoms with Crippen LogP contribution in [0.4, 0.5) is 4.79 Å². The number of carboxylic acids is 1. The average Bonchev–Trinajstić information content (AvgIpc) is 2.86. The molecule has 17 heavy (non-hydrogen) atoms. The number of aliphatic carboxylic acids is 1. The van der Waals surface area contributed by atoms with Gasteiger partial charge in [0.2, 0.25) is 0 Å². The van der Waals surface area contributed by atoms with Crippen LogP contribution in [0.15, 0.2) is 0 Å². The maximum absolute atomic E-state index is 11.9. The van der Waals surface area contributed by atoms with Crippen molar-refractivity contribution in [1.29, 1.82) is 0 Å². The van der Waals surface area contributed by atoms with Gasteiger partial charge in [-0.15, -0.1) is 0 Å². The molecule has 2 fully saturated rings. The van der Waals surface area contributed by atoms with E-state index in [2.05, 4.69) is 19.2 Å². The molecular weight excluding hydrogens is 220 g/mol. The minimum atomic E-state index is -0.742. The first-order valence-electron chi connectivity index (χ1n) is 6.18. The molecule has 2 aliphatic rings. The van der Waals surface area contributed by atoms with Crippen LogP contribution < -0.4 is 5.32 Å². The number of piperidine rings is 1. The molecule has 0 aromatic rings. The summed E-state index contributed by atoms with van der Waals surface area (Å²) in [5, 5.41) is 11.9. The minimum Gasteiger partial charge on any atom is -0.481 e. The fourth-order valence-electron chi connectivity index (χ4n) is 2.28. The van der Waals surface area contributed by atoms with Gasteiger partial charge in [-0.25, -0.2) is 4.79 Å². The van der Waals surface area contributed by atoms with E-state index in [-0.39, 0.29) is 23.4 Å². The number of hydrogen-bond donors (Lipinski definition) is 2. The summed E-state index contributed by atoms with van der Waals surface area (Å²) in [7, 11) is 0. The summed E-state index contributed by atoms with van der Waals surface area (Å²) in [5.74, 6) is -1.02. The van der Waals surface area contributed by atoms with E-state index in [1.807, 2.05) is 0 Å². The van der Waals surface area contributed by atoms with Crippen LogP contribution in [0.2, 0.25) is 0 Å². The first-order chi connectivity index (χ1) is 7.90. The Labute approximate surface area is 101 Å². The monoisotopic (exact) mass is 240 g/mol. The van der Waals surface area contributed by atoms with Crippen molar-refractivity contribution in [3.8, 4) is 0 Å². The van der Waals surface area contributed by atoms with Gasteiger partial charge in [0, 0.05) is 19.1 Å². The fraction of sp³-hybridized carbons (Fsp3) is 0.833. The Bertz CT molecular complexity index is 333. The lowest BCUT2D eigenvalue weighted by atomic mass is 9.97. The van der Waals surface area contributed by atoms with Gasteiger partial charge in [-0.2, -0.15) is 0 Å². The van der Waals surface area contributed by atoms with Crippen LogP contribution in [0.3, 0.4) is 0 Å². The summed E-state index contributed by atoms with van der Waals surface area (Å²) in [4.78, 5) is 24.4. The second kappa shape index (κ2) is 4.20. The Morgan fingerprint density at radius 3 is 2.24 bits per heavy atom. The molecule has 0 bridgehead atoms. The van der Waals surface area contributed by atoms with Gasteiger partial charge in [0.15, 0.2) is 0 Å². The van der Waals surface area contributed by atoms with E-state index >= 15 is 0 Å². The molecule has 1 heterocycles. The van der Waals surface area contributed by atoms with Gasteiger partial charge in [-0.1, -0.05) is 13.8 Å². The maximum Gasteiger partial charge on any atom is 0.317 e. The Morgan fingerprint density at radius 1 is 1.29 bits per heavy atom. The summed E-state index contributed by atoms with van der Waals surface area (Å²) in [6.45, 7) is 5.37. The first-order valence-corrected chi connectivity index (χ1v) is 6.18. The molecule has 0 radical (unpaired) electrons. The zero-order valence-corrected chi connectivity index (χ0v) is 10.4. The molecule has 0 aromatic carbocycles. The lowest BCUT2D eigenvalue weighted by molar-refractivity contribution is -0.143. The van der Waals surface area contributed by atoms with Gasteiger partial charge < -0.3 is 15.3 Å². The number of urea groups is 1. The number of rotatable bonds is 2. The minimum absolute atomic E-state index is 0.0376. The van der Waals surface area contributed by atoms with Crippen molar-refractivity contribution in [2.24, 2.45) is 11.3 Å².